The zero-order valence-corrected chi connectivity index (χ0v) is 17.3. The number of amides is 1. The smallest absolute Gasteiger partial charge is 0.225 e. The van der Waals surface area contributed by atoms with E-state index in [1.165, 1.54) is 16.8 Å². The van der Waals surface area contributed by atoms with Crippen LogP contribution in [0.4, 0.5) is 11.4 Å². The summed E-state index contributed by atoms with van der Waals surface area (Å²) < 4.78 is 0. The van der Waals surface area contributed by atoms with Gasteiger partial charge in [-0.25, -0.2) is 0 Å². The molecule has 1 amide bonds. The Morgan fingerprint density at radius 3 is 2.45 bits per heavy atom. The molecule has 0 atom stereocenters. The molecule has 4 heteroatoms. The number of aryl methyl sites for hydroxylation is 1. The number of benzene rings is 3. The number of rotatable bonds is 5. The van der Waals surface area contributed by atoms with E-state index in [1.54, 1.807) is 0 Å². The summed E-state index contributed by atoms with van der Waals surface area (Å²) in [6, 6.07) is 20.7. The van der Waals surface area contributed by atoms with Crippen molar-refractivity contribution in [2.45, 2.75) is 20.3 Å². The van der Waals surface area contributed by atoms with E-state index >= 15 is 0 Å². The van der Waals surface area contributed by atoms with Crippen LogP contribution in [-0.4, -0.2) is 43.5 Å². The third-order valence-corrected chi connectivity index (χ3v) is 6.01. The Kier molecular flexibility index (Phi) is 5.81. The Bertz CT molecular complexity index is 1000. The van der Waals surface area contributed by atoms with E-state index in [2.05, 4.69) is 65.4 Å². The summed E-state index contributed by atoms with van der Waals surface area (Å²) in [7, 11) is 0. The van der Waals surface area contributed by atoms with Gasteiger partial charge in [0.15, 0.2) is 0 Å². The highest BCUT2D eigenvalue weighted by Crippen LogP contribution is 2.25. The Labute approximate surface area is 173 Å². The van der Waals surface area contributed by atoms with Crippen LogP contribution in [0.5, 0.6) is 0 Å². The fraction of sp³-hybridized carbons (Fsp3) is 0.320. The first-order valence-electron chi connectivity index (χ1n) is 10.4. The molecule has 3 aromatic rings. The second kappa shape index (κ2) is 8.66. The molecule has 0 saturated carbocycles. The lowest BCUT2D eigenvalue weighted by molar-refractivity contribution is -0.116. The molecule has 150 valence electrons. The van der Waals surface area contributed by atoms with Gasteiger partial charge in [-0.05, 0) is 42.5 Å². The molecule has 1 aliphatic heterocycles. The van der Waals surface area contributed by atoms with Gasteiger partial charge >= 0.3 is 0 Å². The van der Waals surface area contributed by atoms with Crippen molar-refractivity contribution in [2.75, 3.05) is 42.9 Å². The first-order valence-corrected chi connectivity index (χ1v) is 10.4. The van der Waals surface area contributed by atoms with E-state index in [4.69, 9.17) is 0 Å². The minimum atomic E-state index is 0.0818. The molecule has 4 nitrogen and oxygen atoms in total. The summed E-state index contributed by atoms with van der Waals surface area (Å²) in [6.45, 7) is 9.18. The summed E-state index contributed by atoms with van der Waals surface area (Å²) in [5, 5.41) is 5.33. The number of fused-ring (bicyclic) bond motifs is 1. The molecule has 4 rings (SSSR count). The molecule has 1 fully saturated rings. The van der Waals surface area contributed by atoms with Gasteiger partial charge in [-0.15, -0.1) is 0 Å². The van der Waals surface area contributed by atoms with Crippen LogP contribution in [0.1, 0.15) is 17.5 Å². The first-order chi connectivity index (χ1) is 14.1. The molecule has 0 radical (unpaired) electrons. The quantitative estimate of drug-likeness (QED) is 0.695. The summed E-state index contributed by atoms with van der Waals surface area (Å²) in [4.78, 5) is 17.4. The first kappa shape index (κ1) is 19.5. The van der Waals surface area contributed by atoms with Crippen LogP contribution in [0.2, 0.25) is 0 Å². The highest BCUT2D eigenvalue weighted by Gasteiger charge is 2.19. The van der Waals surface area contributed by atoms with Crippen molar-refractivity contribution in [3.05, 3.63) is 71.8 Å². The maximum atomic E-state index is 12.5. The average Bonchev–Trinajstić information content (AvgIpc) is 2.75. The lowest BCUT2D eigenvalue weighted by atomic mass is 10.1. The Balaban J connectivity index is 1.29. The SMILES string of the molecule is Cc1cccc(N2CCN(CCC(=O)Nc3cccc4ccccc34)CC2)c1C. The van der Waals surface area contributed by atoms with E-state index in [0.29, 0.717) is 6.42 Å². The monoisotopic (exact) mass is 387 g/mol. The third-order valence-electron chi connectivity index (χ3n) is 6.01. The van der Waals surface area contributed by atoms with Gasteiger partial charge in [-0.3, -0.25) is 9.69 Å². The Morgan fingerprint density at radius 1 is 0.897 bits per heavy atom. The van der Waals surface area contributed by atoms with E-state index < -0.39 is 0 Å². The van der Waals surface area contributed by atoms with Crippen LogP contribution in [0.25, 0.3) is 10.8 Å². The van der Waals surface area contributed by atoms with Crippen molar-refractivity contribution in [1.82, 2.24) is 4.90 Å². The predicted molar refractivity (Wildman–Crippen MR) is 122 cm³/mol. The zero-order chi connectivity index (χ0) is 20.2. The lowest BCUT2D eigenvalue weighted by Gasteiger charge is -2.37. The minimum Gasteiger partial charge on any atom is -0.369 e. The van der Waals surface area contributed by atoms with Gasteiger partial charge in [0.1, 0.15) is 0 Å². The van der Waals surface area contributed by atoms with Gasteiger partial charge in [0.2, 0.25) is 5.91 Å². The molecule has 0 unspecified atom stereocenters. The Hall–Kier alpha value is -2.85. The van der Waals surface area contributed by atoms with Gasteiger partial charge in [-0.2, -0.15) is 0 Å². The summed E-state index contributed by atoms with van der Waals surface area (Å²) in [6.07, 6.45) is 0.521. The predicted octanol–water partition coefficient (Wildman–Crippen LogP) is 4.61. The van der Waals surface area contributed by atoms with Crippen LogP contribution < -0.4 is 10.2 Å². The largest absolute Gasteiger partial charge is 0.369 e. The van der Waals surface area contributed by atoms with Crippen molar-refractivity contribution in [3.63, 3.8) is 0 Å². The maximum absolute atomic E-state index is 12.5. The van der Waals surface area contributed by atoms with Crippen molar-refractivity contribution in [3.8, 4) is 0 Å². The van der Waals surface area contributed by atoms with Gasteiger partial charge in [0, 0.05) is 55.9 Å². The molecule has 1 N–H and O–H groups in total. The van der Waals surface area contributed by atoms with Crippen LogP contribution >= 0.6 is 0 Å². The second-order valence-corrected chi connectivity index (χ2v) is 7.87. The van der Waals surface area contributed by atoms with Crippen molar-refractivity contribution < 1.29 is 4.79 Å². The number of nitrogens with one attached hydrogen (secondary N) is 1. The van der Waals surface area contributed by atoms with Gasteiger partial charge < -0.3 is 10.2 Å². The van der Waals surface area contributed by atoms with Crippen LogP contribution in [-0.2, 0) is 4.79 Å². The molecule has 0 spiro atoms. The van der Waals surface area contributed by atoms with Crippen molar-refractivity contribution in [2.24, 2.45) is 0 Å². The van der Waals surface area contributed by atoms with E-state index in [0.717, 1.165) is 49.2 Å². The highest BCUT2D eigenvalue weighted by molar-refractivity contribution is 6.02. The maximum Gasteiger partial charge on any atom is 0.225 e. The standard InChI is InChI=1S/C25H29N3O/c1-19-7-5-12-24(20(19)2)28-17-15-27(16-18-28)14-13-25(29)26-23-11-6-9-21-8-3-4-10-22(21)23/h3-12H,13-18H2,1-2H3,(H,26,29). The third kappa shape index (κ3) is 4.43. The molecule has 3 aromatic carbocycles. The molecular formula is C25H29N3O. The second-order valence-electron chi connectivity index (χ2n) is 7.87. The molecule has 1 aliphatic rings. The fourth-order valence-corrected chi connectivity index (χ4v) is 4.10. The molecule has 29 heavy (non-hydrogen) atoms. The molecule has 0 aromatic heterocycles. The van der Waals surface area contributed by atoms with Gasteiger partial charge in [0.25, 0.3) is 0 Å². The molecular weight excluding hydrogens is 358 g/mol. The average molecular weight is 388 g/mol. The molecule has 1 saturated heterocycles. The summed E-state index contributed by atoms with van der Waals surface area (Å²) >= 11 is 0. The van der Waals surface area contributed by atoms with Crippen LogP contribution in [0, 0.1) is 13.8 Å². The van der Waals surface area contributed by atoms with Gasteiger partial charge in [0.05, 0.1) is 0 Å². The lowest BCUT2D eigenvalue weighted by Crippen LogP contribution is -2.47. The van der Waals surface area contributed by atoms with Gasteiger partial charge in [-0.1, -0.05) is 48.5 Å². The summed E-state index contributed by atoms with van der Waals surface area (Å²) in [5.74, 6) is 0.0818. The van der Waals surface area contributed by atoms with E-state index in [1.807, 2.05) is 24.3 Å². The minimum absolute atomic E-state index is 0.0818. The normalized spacial score (nSPS) is 14.9. The Morgan fingerprint density at radius 2 is 1.62 bits per heavy atom. The van der Waals surface area contributed by atoms with Crippen molar-refractivity contribution in [1.29, 1.82) is 0 Å². The zero-order valence-electron chi connectivity index (χ0n) is 17.3. The fourth-order valence-electron chi connectivity index (χ4n) is 4.10. The topological polar surface area (TPSA) is 35.6 Å². The molecule has 1 heterocycles. The van der Waals surface area contributed by atoms with E-state index in [-0.39, 0.29) is 5.91 Å². The van der Waals surface area contributed by atoms with Crippen LogP contribution in [0.3, 0.4) is 0 Å². The van der Waals surface area contributed by atoms with E-state index in [9.17, 15) is 4.79 Å². The number of piperazine rings is 1. The number of hydrogen-bond acceptors (Lipinski definition) is 3. The molecule has 0 bridgehead atoms. The molecule has 0 aliphatic carbocycles. The van der Waals surface area contributed by atoms with Crippen LogP contribution in [0.15, 0.2) is 60.7 Å². The van der Waals surface area contributed by atoms with Crippen molar-refractivity contribution >= 4 is 28.1 Å². The number of carbonyl (C=O) groups excluding carboxylic acids is 1. The summed E-state index contributed by atoms with van der Waals surface area (Å²) in [5.41, 5.74) is 4.96. The number of hydrogen-bond donors (Lipinski definition) is 1. The number of anilines is 2. The highest BCUT2D eigenvalue weighted by atomic mass is 16.1. The number of nitrogens with zero attached hydrogens (tertiary/aromatic N) is 2. The number of carbonyl (C=O) groups is 1.